The van der Waals surface area contributed by atoms with Crippen molar-refractivity contribution in [2.75, 3.05) is 20.3 Å². The number of hydrogen-bond donors (Lipinski definition) is 0. The summed E-state index contributed by atoms with van der Waals surface area (Å²) in [6, 6.07) is 1.73. The van der Waals surface area contributed by atoms with E-state index < -0.39 is 0 Å². The Balaban J connectivity index is 1.81. The van der Waals surface area contributed by atoms with Crippen molar-refractivity contribution in [3.63, 3.8) is 0 Å². The molecule has 0 aromatic heterocycles. The minimum Gasteiger partial charge on any atom is -0.381 e. The van der Waals surface area contributed by atoms with Gasteiger partial charge in [-0.15, -0.1) is 0 Å². The maximum Gasteiger partial charge on any atom is 0.0480 e. The van der Waals surface area contributed by atoms with Crippen molar-refractivity contribution in [3.8, 4) is 0 Å². The van der Waals surface area contributed by atoms with Crippen molar-refractivity contribution in [3.05, 3.63) is 0 Å². The monoisotopic (exact) mass is 155 g/mol. The number of rotatable bonds is 2. The summed E-state index contributed by atoms with van der Waals surface area (Å²) in [6.07, 6.45) is 5.34. The van der Waals surface area contributed by atoms with Gasteiger partial charge in [-0.1, -0.05) is 0 Å². The second kappa shape index (κ2) is 3.11. The van der Waals surface area contributed by atoms with Gasteiger partial charge < -0.3 is 9.64 Å². The van der Waals surface area contributed by atoms with E-state index in [-0.39, 0.29) is 0 Å². The lowest BCUT2D eigenvalue weighted by atomic mass is 10.1. The van der Waals surface area contributed by atoms with Crippen LogP contribution < -0.4 is 0 Å². The average molecular weight is 155 g/mol. The number of ether oxygens (including phenoxy) is 1. The SMILES string of the molecule is CN(C1CCOCC1)C1CC1. The van der Waals surface area contributed by atoms with Crippen LogP contribution in [0.2, 0.25) is 0 Å². The van der Waals surface area contributed by atoms with E-state index in [4.69, 9.17) is 4.74 Å². The first-order chi connectivity index (χ1) is 5.38. The molecule has 0 spiro atoms. The molecule has 0 atom stereocenters. The van der Waals surface area contributed by atoms with Crippen LogP contribution in [0, 0.1) is 0 Å². The van der Waals surface area contributed by atoms with Crippen molar-refractivity contribution in [2.24, 2.45) is 0 Å². The molecule has 1 aliphatic carbocycles. The maximum atomic E-state index is 5.32. The Bertz CT molecular complexity index is 128. The molecule has 0 amide bonds. The fraction of sp³-hybridized carbons (Fsp3) is 1.00. The zero-order valence-electron chi connectivity index (χ0n) is 7.25. The van der Waals surface area contributed by atoms with Gasteiger partial charge in [-0.2, -0.15) is 0 Å². The molecule has 2 fully saturated rings. The highest BCUT2D eigenvalue weighted by molar-refractivity contribution is 4.87. The Kier molecular flexibility index (Phi) is 2.14. The summed E-state index contributed by atoms with van der Waals surface area (Å²) in [5.74, 6) is 0. The van der Waals surface area contributed by atoms with Gasteiger partial charge in [0.1, 0.15) is 0 Å². The molecule has 2 rings (SSSR count). The summed E-state index contributed by atoms with van der Waals surface area (Å²) in [4.78, 5) is 2.56. The third kappa shape index (κ3) is 1.74. The molecular formula is C9H17NO. The Morgan fingerprint density at radius 3 is 2.09 bits per heavy atom. The molecule has 0 unspecified atom stereocenters. The third-order valence-electron chi connectivity index (χ3n) is 2.89. The van der Waals surface area contributed by atoms with Crippen molar-refractivity contribution in [2.45, 2.75) is 37.8 Å². The minimum atomic E-state index is 0.816. The standard InChI is InChI=1S/C9H17NO/c1-10(8-2-3-8)9-4-6-11-7-5-9/h8-9H,2-7H2,1H3. The lowest BCUT2D eigenvalue weighted by molar-refractivity contribution is 0.0406. The van der Waals surface area contributed by atoms with Gasteiger partial charge in [0.2, 0.25) is 0 Å². The Morgan fingerprint density at radius 2 is 1.55 bits per heavy atom. The van der Waals surface area contributed by atoms with Crippen LogP contribution in [-0.2, 0) is 4.74 Å². The summed E-state index contributed by atoms with van der Waals surface area (Å²) in [6.45, 7) is 1.95. The smallest absolute Gasteiger partial charge is 0.0480 e. The average Bonchev–Trinajstić information content (AvgIpc) is 2.87. The largest absolute Gasteiger partial charge is 0.381 e. The molecule has 0 N–H and O–H groups in total. The van der Waals surface area contributed by atoms with Crippen LogP contribution in [0.1, 0.15) is 25.7 Å². The van der Waals surface area contributed by atoms with Crippen molar-refractivity contribution in [1.29, 1.82) is 0 Å². The molecule has 1 heterocycles. The summed E-state index contributed by atoms with van der Waals surface area (Å²) in [7, 11) is 2.27. The molecule has 64 valence electrons. The molecule has 0 aromatic rings. The predicted molar refractivity (Wildman–Crippen MR) is 44.6 cm³/mol. The highest BCUT2D eigenvalue weighted by Crippen LogP contribution is 2.29. The zero-order chi connectivity index (χ0) is 7.68. The lowest BCUT2D eigenvalue weighted by Gasteiger charge is -2.31. The van der Waals surface area contributed by atoms with Crippen molar-refractivity contribution < 1.29 is 4.74 Å². The van der Waals surface area contributed by atoms with E-state index >= 15 is 0 Å². The molecule has 0 radical (unpaired) electrons. The first kappa shape index (κ1) is 7.56. The van der Waals surface area contributed by atoms with E-state index in [0.717, 1.165) is 25.3 Å². The van der Waals surface area contributed by atoms with Gasteiger partial charge >= 0.3 is 0 Å². The predicted octanol–water partition coefficient (Wildman–Crippen LogP) is 1.26. The first-order valence-electron chi connectivity index (χ1n) is 4.67. The van der Waals surface area contributed by atoms with E-state index in [0.29, 0.717) is 0 Å². The Hall–Kier alpha value is -0.0800. The van der Waals surface area contributed by atoms with E-state index in [2.05, 4.69) is 11.9 Å². The van der Waals surface area contributed by atoms with E-state index in [9.17, 15) is 0 Å². The molecule has 0 aromatic carbocycles. The van der Waals surface area contributed by atoms with Crippen molar-refractivity contribution in [1.82, 2.24) is 4.90 Å². The molecule has 2 nitrogen and oxygen atoms in total. The van der Waals surface area contributed by atoms with Gasteiger partial charge in [0.25, 0.3) is 0 Å². The van der Waals surface area contributed by atoms with Crippen LogP contribution in [0.4, 0.5) is 0 Å². The highest BCUT2D eigenvalue weighted by Gasteiger charge is 2.31. The van der Waals surface area contributed by atoms with Crippen LogP contribution in [0.3, 0.4) is 0 Å². The van der Waals surface area contributed by atoms with E-state index in [1.165, 1.54) is 25.7 Å². The van der Waals surface area contributed by atoms with Gasteiger partial charge in [0, 0.05) is 25.3 Å². The number of hydrogen-bond acceptors (Lipinski definition) is 2. The summed E-state index contributed by atoms with van der Waals surface area (Å²) < 4.78 is 5.32. The first-order valence-corrected chi connectivity index (χ1v) is 4.67. The van der Waals surface area contributed by atoms with Gasteiger partial charge in [0.15, 0.2) is 0 Å². The molecule has 1 saturated carbocycles. The second-order valence-corrected chi connectivity index (χ2v) is 3.74. The van der Waals surface area contributed by atoms with Crippen LogP contribution in [0.5, 0.6) is 0 Å². The molecule has 1 saturated heterocycles. The van der Waals surface area contributed by atoms with Gasteiger partial charge in [-0.05, 0) is 32.7 Å². The van der Waals surface area contributed by atoms with E-state index in [1.807, 2.05) is 0 Å². The molecule has 1 aliphatic heterocycles. The fourth-order valence-electron chi connectivity index (χ4n) is 1.87. The number of nitrogens with zero attached hydrogens (tertiary/aromatic N) is 1. The lowest BCUT2D eigenvalue weighted by Crippen LogP contribution is -2.37. The topological polar surface area (TPSA) is 12.5 Å². The molecule has 2 aliphatic rings. The maximum absolute atomic E-state index is 5.32. The second-order valence-electron chi connectivity index (χ2n) is 3.74. The Morgan fingerprint density at radius 1 is 1.00 bits per heavy atom. The van der Waals surface area contributed by atoms with E-state index in [1.54, 1.807) is 0 Å². The van der Waals surface area contributed by atoms with Gasteiger partial charge in [0.05, 0.1) is 0 Å². The zero-order valence-corrected chi connectivity index (χ0v) is 7.25. The molecular weight excluding hydrogens is 138 g/mol. The minimum absolute atomic E-state index is 0.816. The van der Waals surface area contributed by atoms with Gasteiger partial charge in [-0.25, -0.2) is 0 Å². The van der Waals surface area contributed by atoms with Crippen molar-refractivity contribution >= 4 is 0 Å². The molecule has 2 heteroatoms. The molecule has 11 heavy (non-hydrogen) atoms. The van der Waals surface area contributed by atoms with Crippen LogP contribution in [0.25, 0.3) is 0 Å². The van der Waals surface area contributed by atoms with Crippen LogP contribution in [-0.4, -0.2) is 37.2 Å². The van der Waals surface area contributed by atoms with Crippen LogP contribution >= 0.6 is 0 Å². The summed E-state index contributed by atoms with van der Waals surface area (Å²) in [5.41, 5.74) is 0. The third-order valence-corrected chi connectivity index (χ3v) is 2.89. The fourth-order valence-corrected chi connectivity index (χ4v) is 1.87. The molecule has 0 bridgehead atoms. The van der Waals surface area contributed by atoms with Gasteiger partial charge in [-0.3, -0.25) is 0 Å². The normalized spacial score (nSPS) is 27.8. The highest BCUT2D eigenvalue weighted by atomic mass is 16.5. The quantitative estimate of drug-likeness (QED) is 0.595. The Labute approximate surface area is 68.5 Å². The summed E-state index contributed by atoms with van der Waals surface area (Å²) in [5, 5.41) is 0. The summed E-state index contributed by atoms with van der Waals surface area (Å²) >= 11 is 0. The van der Waals surface area contributed by atoms with Crippen LogP contribution in [0.15, 0.2) is 0 Å².